The van der Waals surface area contributed by atoms with Crippen molar-refractivity contribution in [1.82, 2.24) is 9.99 Å². The zero-order valence-electron chi connectivity index (χ0n) is 20.4. The molecule has 1 aliphatic rings. The summed E-state index contributed by atoms with van der Waals surface area (Å²) in [5.41, 5.74) is 7.05. The second-order valence-corrected chi connectivity index (χ2v) is 8.52. The molecule has 0 amide bonds. The van der Waals surface area contributed by atoms with E-state index in [0.717, 1.165) is 22.5 Å². The van der Waals surface area contributed by atoms with Crippen molar-refractivity contribution in [2.75, 3.05) is 27.8 Å². The Hall–Kier alpha value is -3.80. The summed E-state index contributed by atoms with van der Waals surface area (Å²) in [6.07, 6.45) is 3.72. The molecule has 9 heteroatoms. The Bertz CT molecular complexity index is 1310. The quantitative estimate of drug-likeness (QED) is 0.316. The van der Waals surface area contributed by atoms with Crippen molar-refractivity contribution in [3.05, 3.63) is 76.6 Å². The van der Waals surface area contributed by atoms with E-state index in [9.17, 15) is 0 Å². The molecule has 2 heterocycles. The minimum Gasteiger partial charge on any atom is -0.493 e. The van der Waals surface area contributed by atoms with E-state index < -0.39 is 6.10 Å². The van der Waals surface area contributed by atoms with Crippen molar-refractivity contribution in [3.8, 4) is 23.3 Å². The number of para-hydroxylation sites is 1. The van der Waals surface area contributed by atoms with Crippen LogP contribution in [0.25, 0.3) is 5.69 Å². The van der Waals surface area contributed by atoms with E-state index >= 15 is 0 Å². The van der Waals surface area contributed by atoms with E-state index in [1.54, 1.807) is 27.5 Å². The fraction of sp³-hybridized carbons (Fsp3) is 0.296. The molecular formula is C27H28ClN5O3. The molecule has 1 aromatic heterocycles. The molecular weight excluding hydrogens is 478 g/mol. The summed E-state index contributed by atoms with van der Waals surface area (Å²) in [5, 5.41) is 13.7. The van der Waals surface area contributed by atoms with Gasteiger partial charge >= 0.3 is 0 Å². The van der Waals surface area contributed by atoms with E-state index in [2.05, 4.69) is 32.2 Å². The van der Waals surface area contributed by atoms with Crippen LogP contribution in [-0.4, -0.2) is 44.3 Å². The molecule has 0 fully saturated rings. The van der Waals surface area contributed by atoms with Gasteiger partial charge in [0.1, 0.15) is 12.2 Å². The average Bonchev–Trinajstić information content (AvgIpc) is 3.33. The summed E-state index contributed by atoms with van der Waals surface area (Å²) in [4.78, 5) is 4.51. The maximum Gasteiger partial charge on any atom is 0.166 e. The zero-order chi connectivity index (χ0) is 25.5. The van der Waals surface area contributed by atoms with Crippen molar-refractivity contribution in [2.24, 2.45) is 10.1 Å². The molecule has 0 spiro atoms. The highest BCUT2D eigenvalue weighted by molar-refractivity contribution is 6.31. The van der Waals surface area contributed by atoms with E-state index in [1.807, 2.05) is 48.7 Å². The molecule has 2 aromatic carbocycles. The van der Waals surface area contributed by atoms with Crippen LogP contribution in [0, 0.1) is 11.3 Å². The van der Waals surface area contributed by atoms with Crippen molar-refractivity contribution in [3.63, 3.8) is 0 Å². The molecule has 0 unspecified atom stereocenters. The summed E-state index contributed by atoms with van der Waals surface area (Å²) >= 11 is 6.46. The number of benzene rings is 2. The molecule has 0 bridgehead atoms. The van der Waals surface area contributed by atoms with Crippen LogP contribution in [0.1, 0.15) is 41.9 Å². The van der Waals surface area contributed by atoms with Gasteiger partial charge < -0.3 is 24.2 Å². The molecule has 1 N–H and O–H groups in total. The van der Waals surface area contributed by atoms with Gasteiger partial charge in [0, 0.05) is 42.2 Å². The first-order chi connectivity index (χ1) is 17.6. The van der Waals surface area contributed by atoms with Crippen molar-refractivity contribution in [1.29, 1.82) is 5.26 Å². The summed E-state index contributed by atoms with van der Waals surface area (Å²) in [5.74, 6) is 1.24. The van der Waals surface area contributed by atoms with Crippen molar-refractivity contribution in [2.45, 2.75) is 25.0 Å². The molecule has 3 aromatic rings. The Morgan fingerprint density at radius 3 is 2.81 bits per heavy atom. The number of aliphatic imine (C=N–C) groups is 1. The van der Waals surface area contributed by atoms with Crippen LogP contribution in [0.4, 0.5) is 0 Å². The maximum atomic E-state index is 8.99. The third-order valence-electron chi connectivity index (χ3n) is 5.93. The van der Waals surface area contributed by atoms with Crippen LogP contribution in [0.15, 0.2) is 64.8 Å². The Morgan fingerprint density at radius 2 is 2.06 bits per heavy atom. The molecule has 2 atom stereocenters. The SMILES string of the molecule is CNN=C(C=NCC[C@H]1O[C@H](c2cccc(OC)c2OC)c2cc(Cl)ccc2-n2cccc21)CC#N. The van der Waals surface area contributed by atoms with Gasteiger partial charge in [0.25, 0.3) is 0 Å². The smallest absolute Gasteiger partial charge is 0.166 e. The summed E-state index contributed by atoms with van der Waals surface area (Å²) < 4.78 is 20.3. The van der Waals surface area contributed by atoms with Crippen LogP contribution in [-0.2, 0) is 4.74 Å². The monoisotopic (exact) mass is 505 g/mol. The van der Waals surface area contributed by atoms with E-state index in [1.165, 1.54) is 0 Å². The van der Waals surface area contributed by atoms with Crippen LogP contribution in [0.3, 0.4) is 0 Å². The highest BCUT2D eigenvalue weighted by Gasteiger charge is 2.32. The molecule has 36 heavy (non-hydrogen) atoms. The predicted octanol–water partition coefficient (Wildman–Crippen LogP) is 5.26. The largest absolute Gasteiger partial charge is 0.493 e. The normalized spacial score (nSPS) is 17.1. The van der Waals surface area contributed by atoms with Crippen LogP contribution < -0.4 is 14.9 Å². The predicted molar refractivity (Wildman–Crippen MR) is 141 cm³/mol. The lowest BCUT2D eigenvalue weighted by Gasteiger charge is -2.25. The minimum atomic E-state index is -0.461. The number of nitrogens with one attached hydrogen (secondary N) is 1. The third-order valence-corrected chi connectivity index (χ3v) is 6.17. The van der Waals surface area contributed by atoms with Gasteiger partial charge in [-0.25, -0.2) is 0 Å². The van der Waals surface area contributed by atoms with Gasteiger partial charge in [0.05, 0.1) is 43.8 Å². The Labute approximate surface area is 215 Å². The number of nitriles is 1. The van der Waals surface area contributed by atoms with Crippen LogP contribution in [0.2, 0.25) is 5.02 Å². The zero-order valence-corrected chi connectivity index (χ0v) is 21.2. The number of methoxy groups -OCH3 is 2. The van der Waals surface area contributed by atoms with Gasteiger partial charge in [-0.2, -0.15) is 10.4 Å². The van der Waals surface area contributed by atoms with Crippen molar-refractivity contribution < 1.29 is 14.2 Å². The van der Waals surface area contributed by atoms with Gasteiger partial charge in [-0.05, 0) is 42.8 Å². The summed E-state index contributed by atoms with van der Waals surface area (Å²) in [6, 6.07) is 17.7. The maximum absolute atomic E-state index is 8.99. The number of rotatable bonds is 9. The van der Waals surface area contributed by atoms with Gasteiger partial charge in [0.2, 0.25) is 0 Å². The number of halogens is 1. The van der Waals surface area contributed by atoms with E-state index in [0.29, 0.717) is 35.2 Å². The molecule has 0 saturated heterocycles. The molecule has 8 nitrogen and oxygen atoms in total. The number of fused-ring (bicyclic) bond motifs is 3. The van der Waals surface area contributed by atoms with E-state index in [-0.39, 0.29) is 12.5 Å². The van der Waals surface area contributed by atoms with Crippen LogP contribution in [0.5, 0.6) is 11.5 Å². The second kappa shape index (κ2) is 11.8. The topological polar surface area (TPSA) is 93.2 Å². The standard InChI is InChI=1S/C27H28ClN5O3/c1-30-32-19(11-13-29)17-31-14-12-24-23-7-5-15-33(23)22-10-9-18(28)16-21(22)26(36-24)20-6-4-8-25(34-2)27(20)35-3/h4-10,15-17,24,26,30H,11-12,14H2,1-3H3/t24-,26-/m1/s1. The third kappa shape index (κ3) is 5.23. The molecule has 4 rings (SSSR count). The van der Waals surface area contributed by atoms with Gasteiger partial charge in [-0.1, -0.05) is 23.7 Å². The molecule has 1 aliphatic heterocycles. The fourth-order valence-electron chi connectivity index (χ4n) is 4.41. The van der Waals surface area contributed by atoms with Gasteiger partial charge in [-0.3, -0.25) is 4.99 Å². The Morgan fingerprint density at radius 1 is 1.19 bits per heavy atom. The van der Waals surface area contributed by atoms with Gasteiger partial charge in [0.15, 0.2) is 11.5 Å². The number of ether oxygens (including phenoxy) is 3. The Kier molecular flexibility index (Phi) is 8.26. The lowest BCUT2D eigenvalue weighted by atomic mass is 9.98. The lowest BCUT2D eigenvalue weighted by molar-refractivity contribution is 0.00268. The summed E-state index contributed by atoms with van der Waals surface area (Å²) in [7, 11) is 4.93. The number of hydrogen-bond acceptors (Lipinski definition) is 7. The number of hydrogen-bond donors (Lipinski definition) is 1. The number of nitrogens with zero attached hydrogens (tertiary/aromatic N) is 4. The number of hydrazone groups is 1. The summed E-state index contributed by atoms with van der Waals surface area (Å²) in [6.45, 7) is 0.489. The first-order valence-corrected chi connectivity index (χ1v) is 11.9. The molecule has 0 saturated carbocycles. The molecule has 0 aliphatic carbocycles. The minimum absolute atomic E-state index is 0.181. The highest BCUT2D eigenvalue weighted by Crippen LogP contribution is 2.46. The highest BCUT2D eigenvalue weighted by atomic mass is 35.5. The fourth-order valence-corrected chi connectivity index (χ4v) is 4.59. The molecule has 186 valence electrons. The lowest BCUT2D eigenvalue weighted by Crippen LogP contribution is -2.13. The average molecular weight is 506 g/mol. The van der Waals surface area contributed by atoms with Crippen molar-refractivity contribution >= 4 is 23.5 Å². The Balaban J connectivity index is 1.73. The first-order valence-electron chi connectivity index (χ1n) is 11.5. The second-order valence-electron chi connectivity index (χ2n) is 8.08. The van der Waals surface area contributed by atoms with Gasteiger partial charge in [-0.15, -0.1) is 0 Å². The molecule has 0 radical (unpaired) electrons. The van der Waals surface area contributed by atoms with E-state index in [4.69, 9.17) is 31.1 Å². The van der Waals surface area contributed by atoms with Crippen LogP contribution >= 0.6 is 11.6 Å². The first kappa shape index (κ1) is 25.3. The number of aromatic nitrogens is 1.